The molecule has 112 valence electrons. The number of benzene rings is 1. The first-order valence-electron chi connectivity index (χ1n) is 5.55. The molecule has 1 N–H and O–H groups in total. The van der Waals surface area contributed by atoms with Crippen molar-refractivity contribution in [1.29, 1.82) is 0 Å². The summed E-state index contributed by atoms with van der Waals surface area (Å²) in [6, 6.07) is 6.85. The van der Waals surface area contributed by atoms with Gasteiger partial charge in [-0.15, -0.1) is 0 Å². The van der Waals surface area contributed by atoms with E-state index in [2.05, 4.69) is 5.10 Å². The molecule has 1 aromatic heterocycles. The van der Waals surface area contributed by atoms with Crippen molar-refractivity contribution in [2.24, 2.45) is 0 Å². The molecule has 0 spiro atoms. The molecule has 4 nitrogen and oxygen atoms in total. The number of aromatic nitrogens is 2. The van der Waals surface area contributed by atoms with Gasteiger partial charge in [0, 0.05) is 11.1 Å². The van der Waals surface area contributed by atoms with Crippen molar-refractivity contribution >= 4 is 29.3 Å². The predicted molar refractivity (Wildman–Crippen MR) is 71.9 cm³/mol. The number of carboxylic acid groups (broad SMARTS) is 1. The number of hydrogen-bond acceptors (Lipinski definition) is 3. The molecule has 1 heterocycles. The Morgan fingerprint density at radius 2 is 1.95 bits per heavy atom. The molecular formula is C12H8ClF3N2O2S. The zero-order chi connectivity index (χ0) is 15.6. The number of nitrogens with zero attached hydrogens (tertiary/aromatic N) is 2. The topological polar surface area (TPSA) is 55.1 Å². The lowest BCUT2D eigenvalue weighted by atomic mass is 10.3. The van der Waals surface area contributed by atoms with Gasteiger partial charge in [-0.05, 0) is 24.3 Å². The molecule has 0 aliphatic heterocycles. The van der Waals surface area contributed by atoms with Crippen LogP contribution in [0.2, 0.25) is 5.02 Å². The van der Waals surface area contributed by atoms with Crippen LogP contribution in [0.15, 0.2) is 35.4 Å². The van der Waals surface area contributed by atoms with Gasteiger partial charge in [0.05, 0.1) is 11.4 Å². The van der Waals surface area contributed by atoms with E-state index in [1.807, 2.05) is 0 Å². The lowest BCUT2D eigenvalue weighted by molar-refractivity contribution is -0.141. The second-order valence-electron chi connectivity index (χ2n) is 3.94. The lowest BCUT2D eigenvalue weighted by Crippen LogP contribution is -2.07. The number of halogens is 4. The third kappa shape index (κ3) is 3.92. The van der Waals surface area contributed by atoms with Crippen LogP contribution in [0.4, 0.5) is 13.2 Å². The lowest BCUT2D eigenvalue weighted by Gasteiger charge is -2.06. The van der Waals surface area contributed by atoms with E-state index < -0.39 is 17.8 Å². The molecule has 9 heteroatoms. The maximum absolute atomic E-state index is 12.7. The van der Waals surface area contributed by atoms with E-state index >= 15 is 0 Å². The highest BCUT2D eigenvalue weighted by molar-refractivity contribution is 7.99. The average molecular weight is 337 g/mol. The Morgan fingerprint density at radius 1 is 1.33 bits per heavy atom. The summed E-state index contributed by atoms with van der Waals surface area (Å²) in [4.78, 5) is 10.6. The van der Waals surface area contributed by atoms with Crippen molar-refractivity contribution in [3.63, 3.8) is 0 Å². The van der Waals surface area contributed by atoms with Crippen LogP contribution in [0, 0.1) is 0 Å². The molecule has 1 aromatic carbocycles. The molecule has 0 atom stereocenters. The smallest absolute Gasteiger partial charge is 0.435 e. The monoisotopic (exact) mass is 336 g/mol. The maximum Gasteiger partial charge on any atom is 0.435 e. The molecule has 0 aliphatic rings. The van der Waals surface area contributed by atoms with Crippen LogP contribution in [-0.2, 0) is 11.0 Å². The third-order valence-corrected chi connectivity index (χ3v) is 3.61. The Bertz CT molecular complexity index is 656. The number of thioether (sulfide) groups is 1. The van der Waals surface area contributed by atoms with Gasteiger partial charge in [-0.2, -0.15) is 18.3 Å². The van der Waals surface area contributed by atoms with Gasteiger partial charge in [0.15, 0.2) is 5.69 Å². The zero-order valence-corrected chi connectivity index (χ0v) is 11.8. The number of rotatable bonds is 4. The van der Waals surface area contributed by atoms with Gasteiger partial charge in [0.1, 0.15) is 5.03 Å². The van der Waals surface area contributed by atoms with E-state index in [1.165, 1.54) is 24.3 Å². The predicted octanol–water partition coefficient (Wildman–Crippen LogP) is 3.72. The maximum atomic E-state index is 12.7. The standard InChI is InChI=1S/C12H8ClF3N2O2S/c13-7-1-3-8(4-2-7)18-10(21-6-11(19)20)5-9(17-18)12(14,15)16/h1-5H,6H2,(H,19,20). The van der Waals surface area contributed by atoms with Crippen molar-refractivity contribution in [1.82, 2.24) is 9.78 Å². The van der Waals surface area contributed by atoms with Crippen LogP contribution < -0.4 is 0 Å². The summed E-state index contributed by atoms with van der Waals surface area (Å²) in [6.07, 6.45) is -4.60. The normalized spacial score (nSPS) is 11.6. The fraction of sp³-hybridized carbons (Fsp3) is 0.167. The number of carbonyl (C=O) groups is 1. The number of hydrogen-bond donors (Lipinski definition) is 1. The number of carboxylic acids is 1. The van der Waals surface area contributed by atoms with Gasteiger partial charge in [-0.1, -0.05) is 23.4 Å². The van der Waals surface area contributed by atoms with Gasteiger partial charge < -0.3 is 5.11 Å². The van der Waals surface area contributed by atoms with Crippen molar-refractivity contribution in [2.75, 3.05) is 5.75 Å². The molecule has 0 unspecified atom stereocenters. The Labute approximate surface area is 126 Å². The first-order valence-corrected chi connectivity index (χ1v) is 6.91. The van der Waals surface area contributed by atoms with E-state index in [4.69, 9.17) is 16.7 Å². The molecular weight excluding hydrogens is 329 g/mol. The summed E-state index contributed by atoms with van der Waals surface area (Å²) < 4.78 is 39.3. The van der Waals surface area contributed by atoms with Crippen LogP contribution in [0.1, 0.15) is 5.69 Å². The van der Waals surface area contributed by atoms with E-state index in [0.717, 1.165) is 22.5 Å². The van der Waals surface area contributed by atoms with Crippen LogP contribution in [-0.4, -0.2) is 26.6 Å². The average Bonchev–Trinajstić information content (AvgIpc) is 2.81. The largest absolute Gasteiger partial charge is 0.481 e. The van der Waals surface area contributed by atoms with E-state index in [9.17, 15) is 18.0 Å². The van der Waals surface area contributed by atoms with E-state index in [1.54, 1.807) is 0 Å². The Kier molecular flexibility index (Phi) is 4.48. The fourth-order valence-electron chi connectivity index (χ4n) is 1.51. The summed E-state index contributed by atoms with van der Waals surface area (Å²) in [6.45, 7) is 0. The number of aliphatic carboxylic acids is 1. The van der Waals surface area contributed by atoms with Crippen molar-refractivity contribution in [2.45, 2.75) is 11.2 Å². The molecule has 2 rings (SSSR count). The van der Waals surface area contributed by atoms with Crippen LogP contribution in [0.5, 0.6) is 0 Å². The molecule has 0 bridgehead atoms. The SMILES string of the molecule is O=C(O)CSc1cc(C(F)(F)F)nn1-c1ccc(Cl)cc1. The van der Waals surface area contributed by atoms with Crippen LogP contribution in [0.25, 0.3) is 5.69 Å². The minimum absolute atomic E-state index is 0.0899. The second kappa shape index (κ2) is 5.98. The number of alkyl halides is 3. The quantitative estimate of drug-likeness (QED) is 0.865. The van der Waals surface area contributed by atoms with Crippen molar-refractivity contribution in [3.05, 3.63) is 41.0 Å². The first-order chi connectivity index (χ1) is 9.77. The van der Waals surface area contributed by atoms with Gasteiger partial charge in [0.25, 0.3) is 0 Å². The van der Waals surface area contributed by atoms with E-state index in [0.29, 0.717) is 10.7 Å². The summed E-state index contributed by atoms with van der Waals surface area (Å²) in [5.74, 6) is -1.49. The summed E-state index contributed by atoms with van der Waals surface area (Å²) in [5, 5.41) is 12.7. The van der Waals surface area contributed by atoms with Gasteiger partial charge in [0.2, 0.25) is 0 Å². The summed E-state index contributed by atoms with van der Waals surface area (Å²) in [5.41, 5.74) is -0.715. The Morgan fingerprint density at radius 3 is 2.48 bits per heavy atom. The van der Waals surface area contributed by atoms with Gasteiger partial charge in [-0.3, -0.25) is 4.79 Å². The van der Waals surface area contributed by atoms with Crippen molar-refractivity contribution in [3.8, 4) is 5.69 Å². The van der Waals surface area contributed by atoms with Gasteiger partial charge >= 0.3 is 12.1 Å². The van der Waals surface area contributed by atoms with Crippen LogP contribution in [0.3, 0.4) is 0 Å². The summed E-state index contributed by atoms with van der Waals surface area (Å²) >= 11 is 6.49. The highest BCUT2D eigenvalue weighted by atomic mass is 35.5. The summed E-state index contributed by atoms with van der Waals surface area (Å²) in [7, 11) is 0. The molecule has 0 amide bonds. The van der Waals surface area contributed by atoms with E-state index in [-0.39, 0.29) is 10.8 Å². The zero-order valence-electron chi connectivity index (χ0n) is 10.3. The highest BCUT2D eigenvalue weighted by Crippen LogP contribution is 2.32. The molecule has 0 saturated carbocycles. The van der Waals surface area contributed by atoms with Crippen molar-refractivity contribution < 1.29 is 23.1 Å². The van der Waals surface area contributed by atoms with Gasteiger partial charge in [-0.25, -0.2) is 4.68 Å². The molecule has 0 saturated heterocycles. The molecule has 21 heavy (non-hydrogen) atoms. The first kappa shape index (κ1) is 15.7. The minimum atomic E-state index is -4.60. The van der Waals surface area contributed by atoms with Crippen LogP contribution >= 0.6 is 23.4 Å². The minimum Gasteiger partial charge on any atom is -0.481 e. The Balaban J connectivity index is 2.43. The molecule has 0 aliphatic carbocycles. The fourth-order valence-corrected chi connectivity index (χ4v) is 2.37. The molecule has 0 fully saturated rings. The molecule has 0 radical (unpaired) electrons. The Hall–Kier alpha value is -1.67. The molecule has 2 aromatic rings. The second-order valence-corrected chi connectivity index (χ2v) is 5.37. The highest BCUT2D eigenvalue weighted by Gasteiger charge is 2.35. The third-order valence-electron chi connectivity index (χ3n) is 2.38.